The SMILES string of the molecule is COc1cccc(NC(=O)Nc2cnccc2C(=O)O)c1. The van der Waals surface area contributed by atoms with E-state index in [0.717, 1.165) is 0 Å². The van der Waals surface area contributed by atoms with Gasteiger partial charge >= 0.3 is 12.0 Å². The minimum atomic E-state index is -1.14. The Balaban J connectivity index is 2.10. The van der Waals surface area contributed by atoms with E-state index in [0.29, 0.717) is 11.4 Å². The third kappa shape index (κ3) is 3.69. The fourth-order valence-electron chi connectivity index (χ4n) is 1.67. The lowest BCUT2D eigenvalue weighted by Crippen LogP contribution is -2.21. The first-order valence-corrected chi connectivity index (χ1v) is 5.99. The van der Waals surface area contributed by atoms with E-state index in [1.165, 1.54) is 25.6 Å². The van der Waals surface area contributed by atoms with Crippen molar-refractivity contribution in [2.24, 2.45) is 0 Å². The van der Waals surface area contributed by atoms with E-state index >= 15 is 0 Å². The number of aromatic carboxylic acids is 1. The zero-order valence-electron chi connectivity index (χ0n) is 11.2. The van der Waals surface area contributed by atoms with Crippen molar-refractivity contribution in [2.75, 3.05) is 17.7 Å². The molecule has 0 radical (unpaired) electrons. The number of carboxylic acids is 1. The molecule has 2 amide bonds. The van der Waals surface area contributed by atoms with Gasteiger partial charge in [-0.05, 0) is 18.2 Å². The number of methoxy groups -OCH3 is 1. The summed E-state index contributed by atoms with van der Waals surface area (Å²) in [4.78, 5) is 26.7. The molecule has 0 unspecified atom stereocenters. The van der Waals surface area contributed by atoms with Crippen LogP contribution in [0.2, 0.25) is 0 Å². The molecule has 0 saturated carbocycles. The van der Waals surface area contributed by atoms with Crippen LogP contribution in [-0.2, 0) is 0 Å². The zero-order chi connectivity index (χ0) is 15.2. The molecule has 0 aliphatic carbocycles. The van der Waals surface area contributed by atoms with Crippen LogP contribution in [0.25, 0.3) is 0 Å². The smallest absolute Gasteiger partial charge is 0.337 e. The van der Waals surface area contributed by atoms with Gasteiger partial charge in [0.2, 0.25) is 0 Å². The number of pyridine rings is 1. The van der Waals surface area contributed by atoms with Crippen molar-refractivity contribution < 1.29 is 19.4 Å². The Kier molecular flexibility index (Phi) is 4.35. The summed E-state index contributed by atoms with van der Waals surface area (Å²) >= 11 is 0. The fourth-order valence-corrected chi connectivity index (χ4v) is 1.67. The van der Waals surface area contributed by atoms with Crippen LogP contribution in [0.5, 0.6) is 5.75 Å². The number of anilines is 2. The van der Waals surface area contributed by atoms with Crippen LogP contribution in [0.4, 0.5) is 16.2 Å². The second kappa shape index (κ2) is 6.38. The largest absolute Gasteiger partial charge is 0.497 e. The highest BCUT2D eigenvalue weighted by atomic mass is 16.5. The first-order valence-electron chi connectivity index (χ1n) is 5.99. The average Bonchev–Trinajstić information content (AvgIpc) is 2.47. The quantitative estimate of drug-likeness (QED) is 0.801. The Morgan fingerprint density at radius 3 is 2.76 bits per heavy atom. The maximum atomic E-state index is 11.9. The lowest BCUT2D eigenvalue weighted by atomic mass is 10.2. The first kappa shape index (κ1) is 14.3. The Morgan fingerprint density at radius 1 is 1.24 bits per heavy atom. The van der Waals surface area contributed by atoms with E-state index in [4.69, 9.17) is 9.84 Å². The summed E-state index contributed by atoms with van der Waals surface area (Å²) in [7, 11) is 1.52. The van der Waals surface area contributed by atoms with Crippen molar-refractivity contribution >= 4 is 23.4 Å². The molecule has 0 aliphatic rings. The van der Waals surface area contributed by atoms with Crippen molar-refractivity contribution in [3.63, 3.8) is 0 Å². The van der Waals surface area contributed by atoms with E-state index in [1.807, 2.05) is 0 Å². The van der Waals surface area contributed by atoms with Crippen LogP contribution in [-0.4, -0.2) is 29.2 Å². The predicted molar refractivity (Wildman–Crippen MR) is 76.8 cm³/mol. The number of carbonyl (C=O) groups is 2. The summed E-state index contributed by atoms with van der Waals surface area (Å²) in [5, 5.41) is 14.0. The molecule has 3 N–H and O–H groups in total. The van der Waals surface area contributed by atoms with Gasteiger partial charge < -0.3 is 20.5 Å². The molecule has 0 saturated heterocycles. The van der Waals surface area contributed by atoms with Crippen molar-refractivity contribution in [3.05, 3.63) is 48.3 Å². The molecule has 108 valence electrons. The van der Waals surface area contributed by atoms with Gasteiger partial charge in [-0.15, -0.1) is 0 Å². The molecule has 7 nitrogen and oxygen atoms in total. The highest BCUT2D eigenvalue weighted by molar-refractivity contribution is 6.04. The minimum Gasteiger partial charge on any atom is -0.497 e. The van der Waals surface area contributed by atoms with E-state index in [2.05, 4.69) is 15.6 Å². The van der Waals surface area contributed by atoms with Gasteiger partial charge in [0.05, 0.1) is 24.6 Å². The Hall–Kier alpha value is -3.09. The number of carbonyl (C=O) groups excluding carboxylic acids is 1. The molecule has 2 rings (SSSR count). The van der Waals surface area contributed by atoms with Crippen molar-refractivity contribution in [3.8, 4) is 5.75 Å². The van der Waals surface area contributed by atoms with Gasteiger partial charge in [-0.1, -0.05) is 6.07 Å². The van der Waals surface area contributed by atoms with Gasteiger partial charge in [-0.2, -0.15) is 0 Å². The third-order valence-corrected chi connectivity index (χ3v) is 2.63. The Morgan fingerprint density at radius 2 is 2.05 bits per heavy atom. The second-order valence-corrected chi connectivity index (χ2v) is 4.04. The highest BCUT2D eigenvalue weighted by Gasteiger charge is 2.12. The molecule has 0 atom stereocenters. The number of nitrogens with one attached hydrogen (secondary N) is 2. The molecule has 0 spiro atoms. The van der Waals surface area contributed by atoms with Crippen molar-refractivity contribution in [1.29, 1.82) is 0 Å². The molecule has 0 bridgehead atoms. The lowest BCUT2D eigenvalue weighted by Gasteiger charge is -2.10. The molecule has 7 heteroatoms. The summed E-state index contributed by atoms with van der Waals surface area (Å²) in [6.07, 6.45) is 2.61. The predicted octanol–water partition coefficient (Wildman–Crippen LogP) is 2.43. The molecule has 21 heavy (non-hydrogen) atoms. The number of nitrogens with zero attached hydrogens (tertiary/aromatic N) is 1. The third-order valence-electron chi connectivity index (χ3n) is 2.63. The number of urea groups is 1. The minimum absolute atomic E-state index is 0.0363. The van der Waals surface area contributed by atoms with E-state index in [-0.39, 0.29) is 11.3 Å². The summed E-state index contributed by atoms with van der Waals surface area (Å²) < 4.78 is 5.05. The van der Waals surface area contributed by atoms with Gasteiger partial charge in [0.1, 0.15) is 5.75 Å². The molecule has 0 aliphatic heterocycles. The maximum absolute atomic E-state index is 11.9. The van der Waals surface area contributed by atoms with Crippen molar-refractivity contribution in [2.45, 2.75) is 0 Å². The Bertz CT molecular complexity index is 673. The number of ether oxygens (including phenoxy) is 1. The zero-order valence-corrected chi connectivity index (χ0v) is 11.2. The van der Waals surface area contributed by atoms with E-state index in [1.54, 1.807) is 24.3 Å². The molecule has 1 aromatic heterocycles. The second-order valence-electron chi connectivity index (χ2n) is 4.04. The topological polar surface area (TPSA) is 101 Å². The summed E-state index contributed by atoms with van der Waals surface area (Å²) in [5.41, 5.74) is 0.601. The summed E-state index contributed by atoms with van der Waals surface area (Å²) in [6.45, 7) is 0. The van der Waals surface area contributed by atoms with Gasteiger partial charge in [0, 0.05) is 18.0 Å². The number of aromatic nitrogens is 1. The fraction of sp³-hybridized carbons (Fsp3) is 0.0714. The number of hydrogen-bond acceptors (Lipinski definition) is 4. The molecular weight excluding hydrogens is 274 g/mol. The van der Waals surface area contributed by atoms with Crippen LogP contribution < -0.4 is 15.4 Å². The first-order chi connectivity index (χ1) is 10.1. The average molecular weight is 287 g/mol. The number of carboxylic acid groups (broad SMARTS) is 1. The molecule has 2 aromatic rings. The maximum Gasteiger partial charge on any atom is 0.337 e. The van der Waals surface area contributed by atoms with Crippen LogP contribution in [0.15, 0.2) is 42.7 Å². The van der Waals surface area contributed by atoms with Crippen molar-refractivity contribution in [1.82, 2.24) is 4.98 Å². The van der Waals surface area contributed by atoms with E-state index < -0.39 is 12.0 Å². The lowest BCUT2D eigenvalue weighted by molar-refractivity contribution is 0.0698. The Labute approximate surface area is 120 Å². The summed E-state index contributed by atoms with van der Waals surface area (Å²) in [6, 6.07) is 7.53. The normalized spacial score (nSPS) is 9.76. The van der Waals surface area contributed by atoms with Crippen LogP contribution in [0.1, 0.15) is 10.4 Å². The number of benzene rings is 1. The highest BCUT2D eigenvalue weighted by Crippen LogP contribution is 2.18. The summed E-state index contributed by atoms with van der Waals surface area (Å²) in [5.74, 6) is -0.547. The van der Waals surface area contributed by atoms with Gasteiger partial charge in [-0.25, -0.2) is 9.59 Å². The van der Waals surface area contributed by atoms with Gasteiger partial charge in [0.25, 0.3) is 0 Å². The monoisotopic (exact) mass is 287 g/mol. The number of amides is 2. The van der Waals surface area contributed by atoms with Crippen LogP contribution in [0.3, 0.4) is 0 Å². The number of hydrogen-bond donors (Lipinski definition) is 3. The van der Waals surface area contributed by atoms with Crippen LogP contribution >= 0.6 is 0 Å². The molecule has 1 heterocycles. The number of rotatable bonds is 4. The molecular formula is C14H13N3O4. The van der Waals surface area contributed by atoms with Gasteiger partial charge in [0.15, 0.2) is 0 Å². The van der Waals surface area contributed by atoms with Crippen LogP contribution in [0, 0.1) is 0 Å². The molecule has 1 aromatic carbocycles. The van der Waals surface area contributed by atoms with E-state index in [9.17, 15) is 9.59 Å². The molecule has 0 fully saturated rings. The van der Waals surface area contributed by atoms with Gasteiger partial charge in [-0.3, -0.25) is 4.98 Å². The standard InChI is InChI=1S/C14H13N3O4/c1-21-10-4-2-3-9(7-10)16-14(20)17-12-8-15-6-5-11(12)13(18)19/h2-8H,1H3,(H,18,19)(H2,16,17,20).